The van der Waals surface area contributed by atoms with Gasteiger partial charge in [0.15, 0.2) is 0 Å². The normalized spacial score (nSPS) is 18.4. The predicted molar refractivity (Wildman–Crippen MR) is 55.5 cm³/mol. The van der Waals surface area contributed by atoms with Crippen molar-refractivity contribution in [2.75, 3.05) is 26.2 Å². The summed E-state index contributed by atoms with van der Waals surface area (Å²) in [4.78, 5) is 24.5. The van der Waals surface area contributed by atoms with E-state index in [-0.39, 0.29) is 5.91 Å². The molecule has 1 rings (SSSR count). The molecule has 5 nitrogen and oxygen atoms in total. The molecule has 0 radical (unpaired) electrons. The molecule has 1 aliphatic heterocycles. The van der Waals surface area contributed by atoms with Gasteiger partial charge in [0, 0.05) is 19.6 Å². The van der Waals surface area contributed by atoms with Gasteiger partial charge in [-0.25, -0.2) is 0 Å². The van der Waals surface area contributed by atoms with Gasteiger partial charge < -0.3 is 15.3 Å². The van der Waals surface area contributed by atoms with Crippen LogP contribution in [0.15, 0.2) is 0 Å². The number of carbonyl (C=O) groups excluding carboxylic acids is 1. The summed E-state index contributed by atoms with van der Waals surface area (Å²) in [7, 11) is 0. The van der Waals surface area contributed by atoms with Crippen molar-refractivity contribution in [1.29, 1.82) is 0 Å². The number of hydrogen-bond donors (Lipinski definition) is 2. The minimum atomic E-state index is -1.32. The van der Waals surface area contributed by atoms with Crippen LogP contribution in [0.1, 0.15) is 20.3 Å². The second-order valence-corrected chi connectivity index (χ2v) is 4.33. The summed E-state index contributed by atoms with van der Waals surface area (Å²) in [6.45, 7) is 5.77. The van der Waals surface area contributed by atoms with Crippen LogP contribution in [0.25, 0.3) is 0 Å². The van der Waals surface area contributed by atoms with E-state index in [2.05, 4.69) is 5.32 Å². The van der Waals surface area contributed by atoms with Crippen LogP contribution in [0, 0.1) is 5.41 Å². The van der Waals surface area contributed by atoms with E-state index in [9.17, 15) is 9.59 Å². The maximum atomic E-state index is 11.9. The molecule has 0 aromatic rings. The number of nitrogens with zero attached hydrogens (tertiary/aromatic N) is 1. The van der Waals surface area contributed by atoms with Crippen LogP contribution in [0.3, 0.4) is 0 Å². The molecule has 0 aromatic heterocycles. The molecule has 0 unspecified atom stereocenters. The van der Waals surface area contributed by atoms with E-state index < -0.39 is 11.4 Å². The van der Waals surface area contributed by atoms with Gasteiger partial charge in [0.05, 0.1) is 0 Å². The Morgan fingerprint density at radius 2 is 1.93 bits per heavy atom. The van der Waals surface area contributed by atoms with Gasteiger partial charge >= 0.3 is 5.97 Å². The first kappa shape index (κ1) is 12.0. The van der Waals surface area contributed by atoms with E-state index >= 15 is 0 Å². The third-order valence-electron chi connectivity index (χ3n) is 2.70. The Balaban J connectivity index is 2.69. The Kier molecular flexibility index (Phi) is 3.68. The lowest BCUT2D eigenvalue weighted by molar-refractivity contribution is -0.158. The molecule has 86 valence electrons. The van der Waals surface area contributed by atoms with Gasteiger partial charge in [0.25, 0.3) is 0 Å². The fourth-order valence-electron chi connectivity index (χ4n) is 1.54. The number of carbonyl (C=O) groups is 2. The van der Waals surface area contributed by atoms with Crippen molar-refractivity contribution < 1.29 is 14.7 Å². The highest BCUT2D eigenvalue weighted by molar-refractivity contribution is 6.00. The third-order valence-corrected chi connectivity index (χ3v) is 2.70. The molecular formula is C10H18N2O3. The zero-order valence-electron chi connectivity index (χ0n) is 9.25. The lowest BCUT2D eigenvalue weighted by Crippen LogP contribution is -2.46. The Morgan fingerprint density at radius 3 is 2.53 bits per heavy atom. The van der Waals surface area contributed by atoms with Crippen LogP contribution in [0.2, 0.25) is 0 Å². The fourth-order valence-corrected chi connectivity index (χ4v) is 1.54. The molecular weight excluding hydrogens is 196 g/mol. The third kappa shape index (κ3) is 2.68. The molecule has 0 spiro atoms. The molecule has 0 aliphatic carbocycles. The topological polar surface area (TPSA) is 69.6 Å². The highest BCUT2D eigenvalue weighted by atomic mass is 16.4. The van der Waals surface area contributed by atoms with Crippen molar-refractivity contribution >= 4 is 11.9 Å². The van der Waals surface area contributed by atoms with Gasteiger partial charge in [0.1, 0.15) is 5.41 Å². The predicted octanol–water partition coefficient (Wildman–Crippen LogP) is -0.0809. The highest BCUT2D eigenvalue weighted by Gasteiger charge is 2.39. The van der Waals surface area contributed by atoms with Crippen molar-refractivity contribution in [1.82, 2.24) is 10.2 Å². The Labute approximate surface area is 89.4 Å². The smallest absolute Gasteiger partial charge is 0.318 e. The number of aliphatic carboxylic acids is 1. The Morgan fingerprint density at radius 1 is 1.27 bits per heavy atom. The standard InChI is InChI=1S/C10H18N2O3/c1-10(2,9(14)15)8(13)12-6-3-4-11-5-7-12/h11H,3-7H2,1-2H3,(H,14,15). The fraction of sp³-hybridized carbons (Fsp3) is 0.800. The summed E-state index contributed by atoms with van der Waals surface area (Å²) in [5, 5.41) is 12.1. The molecule has 2 N–H and O–H groups in total. The number of nitrogens with one attached hydrogen (secondary N) is 1. The minimum absolute atomic E-state index is 0.293. The van der Waals surface area contributed by atoms with Gasteiger partial charge in [0.2, 0.25) is 5.91 Å². The molecule has 0 bridgehead atoms. The van der Waals surface area contributed by atoms with Crippen molar-refractivity contribution in [2.24, 2.45) is 5.41 Å². The Bertz CT molecular complexity index is 255. The molecule has 1 amide bonds. The molecule has 5 heteroatoms. The van der Waals surface area contributed by atoms with Crippen LogP contribution in [-0.2, 0) is 9.59 Å². The quantitative estimate of drug-likeness (QED) is 0.631. The van der Waals surface area contributed by atoms with Crippen molar-refractivity contribution in [3.05, 3.63) is 0 Å². The summed E-state index contributed by atoms with van der Waals surface area (Å²) in [5.41, 5.74) is -1.32. The highest BCUT2D eigenvalue weighted by Crippen LogP contribution is 2.19. The average Bonchev–Trinajstić information content (AvgIpc) is 2.44. The summed E-state index contributed by atoms with van der Waals surface area (Å²) in [5.74, 6) is -1.36. The number of carboxylic acid groups (broad SMARTS) is 1. The zero-order chi connectivity index (χ0) is 11.5. The van der Waals surface area contributed by atoms with E-state index in [0.29, 0.717) is 13.1 Å². The number of amides is 1. The van der Waals surface area contributed by atoms with E-state index in [0.717, 1.165) is 19.5 Å². The van der Waals surface area contributed by atoms with Crippen molar-refractivity contribution in [3.63, 3.8) is 0 Å². The van der Waals surface area contributed by atoms with Crippen LogP contribution in [-0.4, -0.2) is 48.1 Å². The summed E-state index contributed by atoms with van der Waals surface area (Å²) < 4.78 is 0. The second kappa shape index (κ2) is 4.61. The summed E-state index contributed by atoms with van der Waals surface area (Å²) in [6, 6.07) is 0. The summed E-state index contributed by atoms with van der Waals surface area (Å²) >= 11 is 0. The van der Waals surface area contributed by atoms with Crippen molar-refractivity contribution in [3.8, 4) is 0 Å². The molecule has 0 saturated carbocycles. The molecule has 1 aliphatic rings. The van der Waals surface area contributed by atoms with E-state index in [1.165, 1.54) is 13.8 Å². The van der Waals surface area contributed by atoms with Crippen molar-refractivity contribution in [2.45, 2.75) is 20.3 Å². The maximum absolute atomic E-state index is 11.9. The van der Waals surface area contributed by atoms with Crippen LogP contribution in [0.4, 0.5) is 0 Å². The van der Waals surface area contributed by atoms with Crippen LogP contribution in [0.5, 0.6) is 0 Å². The van der Waals surface area contributed by atoms with E-state index in [1.807, 2.05) is 0 Å². The number of hydrogen-bond acceptors (Lipinski definition) is 3. The van der Waals surface area contributed by atoms with E-state index in [4.69, 9.17) is 5.11 Å². The zero-order valence-corrected chi connectivity index (χ0v) is 9.25. The van der Waals surface area contributed by atoms with Gasteiger partial charge in [-0.15, -0.1) is 0 Å². The molecule has 0 aromatic carbocycles. The average molecular weight is 214 g/mol. The van der Waals surface area contributed by atoms with Crippen LogP contribution < -0.4 is 5.32 Å². The minimum Gasteiger partial charge on any atom is -0.480 e. The lowest BCUT2D eigenvalue weighted by Gasteiger charge is -2.27. The largest absolute Gasteiger partial charge is 0.480 e. The van der Waals surface area contributed by atoms with E-state index in [1.54, 1.807) is 4.90 Å². The molecule has 15 heavy (non-hydrogen) atoms. The van der Waals surface area contributed by atoms with Crippen LogP contribution >= 0.6 is 0 Å². The van der Waals surface area contributed by atoms with Gasteiger partial charge in [-0.3, -0.25) is 9.59 Å². The first-order chi connectivity index (χ1) is 6.96. The monoisotopic (exact) mass is 214 g/mol. The first-order valence-electron chi connectivity index (χ1n) is 5.20. The maximum Gasteiger partial charge on any atom is 0.318 e. The molecule has 1 heterocycles. The first-order valence-corrected chi connectivity index (χ1v) is 5.20. The SMILES string of the molecule is CC(C)(C(=O)O)C(=O)N1CCCNCC1. The van der Waals surface area contributed by atoms with Gasteiger partial charge in [-0.05, 0) is 26.8 Å². The summed E-state index contributed by atoms with van der Waals surface area (Å²) in [6.07, 6.45) is 0.876. The molecule has 1 fully saturated rings. The number of carboxylic acids is 1. The Hall–Kier alpha value is -1.10. The molecule has 0 atom stereocenters. The van der Waals surface area contributed by atoms with Gasteiger partial charge in [-0.1, -0.05) is 0 Å². The second-order valence-electron chi connectivity index (χ2n) is 4.33. The van der Waals surface area contributed by atoms with Gasteiger partial charge in [-0.2, -0.15) is 0 Å². The lowest BCUT2D eigenvalue weighted by atomic mass is 9.92. The number of rotatable bonds is 2. The molecule has 1 saturated heterocycles.